The highest BCUT2D eigenvalue weighted by atomic mass is 35.5. The Morgan fingerprint density at radius 1 is 1.19 bits per heavy atom. The second kappa shape index (κ2) is 10.7. The molecule has 1 aliphatic heterocycles. The number of carbonyl (C=O) groups excluding carboxylic acids is 1. The molecular formula is C19H18Cl3F2N3O2S2. The minimum Gasteiger partial charge on any atom is -0.379 e. The van der Waals surface area contributed by atoms with E-state index in [-0.39, 0.29) is 33.7 Å². The van der Waals surface area contributed by atoms with Crippen LogP contribution in [0.5, 0.6) is 0 Å². The van der Waals surface area contributed by atoms with E-state index in [0.717, 1.165) is 48.4 Å². The van der Waals surface area contributed by atoms with Crippen LogP contribution in [0.3, 0.4) is 0 Å². The Balaban J connectivity index is 0.00000272. The summed E-state index contributed by atoms with van der Waals surface area (Å²) < 4.78 is 34.1. The van der Waals surface area contributed by atoms with Gasteiger partial charge in [0.1, 0.15) is 15.7 Å². The van der Waals surface area contributed by atoms with Crippen molar-refractivity contribution in [1.82, 2.24) is 9.88 Å². The van der Waals surface area contributed by atoms with Crippen LogP contribution in [0.1, 0.15) is 16.8 Å². The van der Waals surface area contributed by atoms with Crippen LogP contribution in [0, 0.1) is 11.6 Å². The van der Waals surface area contributed by atoms with Gasteiger partial charge >= 0.3 is 0 Å². The van der Waals surface area contributed by atoms with Crippen LogP contribution in [0.2, 0.25) is 8.67 Å². The number of amides is 1. The Morgan fingerprint density at radius 2 is 1.94 bits per heavy atom. The Labute approximate surface area is 201 Å². The standard InChI is InChI=1S/C19H17Cl2F2N3O2S2.ClH/c20-15-10-12(17(21)30-15)18(27)26(3-1-2-25-4-6-28-7-5-25)19-24-16-13(23)8-11(22)9-14(16)29-19;/h8-10H,1-7H2;1H. The third kappa shape index (κ3) is 5.65. The maximum atomic E-state index is 14.2. The number of thiazole rings is 1. The van der Waals surface area contributed by atoms with Crippen LogP contribution in [0.25, 0.3) is 10.2 Å². The fraction of sp³-hybridized carbons (Fsp3) is 0.368. The van der Waals surface area contributed by atoms with E-state index in [4.69, 9.17) is 27.9 Å². The molecule has 1 amide bonds. The summed E-state index contributed by atoms with van der Waals surface area (Å²) in [5.41, 5.74) is 0.306. The van der Waals surface area contributed by atoms with Gasteiger partial charge in [0, 0.05) is 32.2 Å². The Morgan fingerprint density at radius 3 is 2.61 bits per heavy atom. The second-order valence-corrected chi connectivity index (χ2v) is 10.0. The monoisotopic (exact) mass is 527 g/mol. The van der Waals surface area contributed by atoms with Gasteiger partial charge in [0.15, 0.2) is 10.9 Å². The van der Waals surface area contributed by atoms with Crippen LogP contribution in [0.4, 0.5) is 13.9 Å². The van der Waals surface area contributed by atoms with Crippen molar-refractivity contribution in [2.75, 3.05) is 44.3 Å². The van der Waals surface area contributed by atoms with Crippen molar-refractivity contribution >= 4 is 79.5 Å². The third-order valence-corrected chi connectivity index (χ3v) is 7.24. The Bertz CT molecular complexity index is 1070. The van der Waals surface area contributed by atoms with E-state index in [2.05, 4.69) is 9.88 Å². The number of morpholine rings is 1. The highest BCUT2D eigenvalue weighted by Gasteiger charge is 2.26. The zero-order chi connectivity index (χ0) is 21.3. The van der Waals surface area contributed by atoms with Crippen molar-refractivity contribution in [1.29, 1.82) is 0 Å². The van der Waals surface area contributed by atoms with Gasteiger partial charge in [-0.1, -0.05) is 34.5 Å². The zero-order valence-corrected chi connectivity index (χ0v) is 20.0. The highest BCUT2D eigenvalue weighted by Crippen LogP contribution is 2.35. The van der Waals surface area contributed by atoms with E-state index in [9.17, 15) is 13.6 Å². The second-order valence-electron chi connectivity index (χ2n) is 6.73. The van der Waals surface area contributed by atoms with Gasteiger partial charge in [0.05, 0.1) is 27.8 Å². The number of ether oxygens (including phenoxy) is 1. The lowest BCUT2D eigenvalue weighted by atomic mass is 10.2. The quantitative estimate of drug-likeness (QED) is 0.410. The number of hydrogen-bond acceptors (Lipinski definition) is 6. The van der Waals surface area contributed by atoms with Gasteiger partial charge in [-0.2, -0.15) is 0 Å². The number of nitrogens with zero attached hydrogens (tertiary/aromatic N) is 3. The molecule has 1 saturated heterocycles. The van der Waals surface area contributed by atoms with Crippen molar-refractivity contribution in [3.05, 3.63) is 44.1 Å². The van der Waals surface area contributed by atoms with Crippen molar-refractivity contribution in [3.63, 3.8) is 0 Å². The predicted octanol–water partition coefficient (Wildman–Crippen LogP) is 5.73. The van der Waals surface area contributed by atoms with Crippen molar-refractivity contribution in [2.45, 2.75) is 6.42 Å². The van der Waals surface area contributed by atoms with Crippen LogP contribution < -0.4 is 4.90 Å². The first kappa shape index (κ1) is 24.6. The number of anilines is 1. The van der Waals surface area contributed by atoms with E-state index in [1.807, 2.05) is 0 Å². The van der Waals surface area contributed by atoms with Crippen molar-refractivity contribution in [3.8, 4) is 0 Å². The fourth-order valence-corrected chi connectivity index (χ4v) is 5.73. The molecule has 0 unspecified atom stereocenters. The molecule has 0 saturated carbocycles. The molecule has 5 nitrogen and oxygen atoms in total. The molecule has 0 spiro atoms. The van der Waals surface area contributed by atoms with Gasteiger partial charge in [-0.05, 0) is 18.6 Å². The predicted molar refractivity (Wildman–Crippen MR) is 125 cm³/mol. The Kier molecular flexibility index (Phi) is 8.48. The molecule has 0 atom stereocenters. The summed E-state index contributed by atoms with van der Waals surface area (Å²) in [6.07, 6.45) is 0.675. The maximum Gasteiger partial charge on any atom is 0.262 e. The summed E-state index contributed by atoms with van der Waals surface area (Å²) in [5.74, 6) is -1.82. The van der Waals surface area contributed by atoms with Crippen molar-refractivity contribution in [2.24, 2.45) is 0 Å². The minimum absolute atomic E-state index is 0. The van der Waals surface area contributed by atoms with E-state index >= 15 is 0 Å². The lowest BCUT2D eigenvalue weighted by Gasteiger charge is -2.27. The maximum absolute atomic E-state index is 14.2. The smallest absolute Gasteiger partial charge is 0.262 e. The number of halogens is 5. The topological polar surface area (TPSA) is 45.7 Å². The summed E-state index contributed by atoms with van der Waals surface area (Å²) in [6, 6.07) is 3.51. The van der Waals surface area contributed by atoms with Gasteiger partial charge in [-0.15, -0.1) is 23.7 Å². The fourth-order valence-electron chi connectivity index (χ4n) is 3.25. The minimum atomic E-state index is -0.759. The molecule has 1 aliphatic rings. The molecule has 3 heterocycles. The number of carbonyl (C=O) groups is 1. The first-order valence-corrected chi connectivity index (χ1v) is 11.6. The largest absolute Gasteiger partial charge is 0.379 e. The highest BCUT2D eigenvalue weighted by molar-refractivity contribution is 7.22. The molecule has 2 aromatic heterocycles. The summed E-state index contributed by atoms with van der Waals surface area (Å²) in [5, 5.41) is 0.292. The Hall–Kier alpha value is -1.07. The molecule has 0 aliphatic carbocycles. The summed E-state index contributed by atoms with van der Waals surface area (Å²) in [4.78, 5) is 21.2. The van der Waals surface area contributed by atoms with Gasteiger partial charge < -0.3 is 4.74 Å². The number of benzene rings is 1. The van der Waals surface area contributed by atoms with E-state index in [1.54, 1.807) is 0 Å². The van der Waals surface area contributed by atoms with E-state index < -0.39 is 11.6 Å². The molecule has 1 fully saturated rings. The molecule has 4 rings (SSSR count). The summed E-state index contributed by atoms with van der Waals surface area (Å²) >= 11 is 14.4. The summed E-state index contributed by atoms with van der Waals surface area (Å²) in [7, 11) is 0. The first-order valence-electron chi connectivity index (χ1n) is 9.25. The molecule has 31 heavy (non-hydrogen) atoms. The number of hydrogen-bond donors (Lipinski definition) is 0. The first-order chi connectivity index (χ1) is 14.4. The molecule has 0 bridgehead atoms. The third-order valence-electron chi connectivity index (χ3n) is 4.72. The molecular weight excluding hydrogens is 511 g/mol. The molecule has 0 radical (unpaired) electrons. The van der Waals surface area contributed by atoms with E-state index in [0.29, 0.717) is 40.3 Å². The lowest BCUT2D eigenvalue weighted by Crippen LogP contribution is -2.39. The van der Waals surface area contributed by atoms with Gasteiger partial charge in [0.2, 0.25) is 0 Å². The van der Waals surface area contributed by atoms with Gasteiger partial charge in [0.25, 0.3) is 5.91 Å². The van der Waals surface area contributed by atoms with Gasteiger partial charge in [-0.3, -0.25) is 14.6 Å². The van der Waals surface area contributed by atoms with Gasteiger partial charge in [-0.25, -0.2) is 13.8 Å². The van der Waals surface area contributed by atoms with Crippen LogP contribution in [0.15, 0.2) is 18.2 Å². The summed E-state index contributed by atoms with van der Waals surface area (Å²) in [6.45, 7) is 4.18. The average molecular weight is 529 g/mol. The zero-order valence-electron chi connectivity index (χ0n) is 16.1. The van der Waals surface area contributed by atoms with Crippen molar-refractivity contribution < 1.29 is 18.3 Å². The molecule has 3 aromatic rings. The number of aromatic nitrogens is 1. The SMILES string of the molecule is Cl.O=C(c1cc(Cl)sc1Cl)N(CCCN1CCOCC1)c1nc2c(F)cc(F)cc2s1. The average Bonchev–Trinajstić information content (AvgIpc) is 3.28. The number of fused-ring (bicyclic) bond motifs is 1. The lowest BCUT2D eigenvalue weighted by molar-refractivity contribution is 0.0376. The molecule has 12 heteroatoms. The van der Waals surface area contributed by atoms with E-state index in [1.165, 1.54) is 17.0 Å². The normalized spacial score (nSPS) is 14.6. The van der Waals surface area contributed by atoms with Crippen LogP contribution in [-0.2, 0) is 4.74 Å². The number of thiophene rings is 1. The molecule has 168 valence electrons. The molecule has 1 aromatic carbocycles. The molecule has 0 N–H and O–H groups in total. The van der Waals surface area contributed by atoms with Crippen LogP contribution in [-0.4, -0.2) is 55.2 Å². The number of rotatable bonds is 6. The van der Waals surface area contributed by atoms with Crippen LogP contribution >= 0.6 is 58.3 Å².